The quantitative estimate of drug-likeness (QED) is 0.545. The molecule has 0 heterocycles. The summed E-state index contributed by atoms with van der Waals surface area (Å²) in [5, 5.41) is 0. The molecule has 0 unspecified atom stereocenters. The summed E-state index contributed by atoms with van der Waals surface area (Å²) in [6, 6.07) is 0. The lowest BCUT2D eigenvalue weighted by Crippen LogP contribution is -2.33. The van der Waals surface area contributed by atoms with Crippen molar-refractivity contribution >= 4 is 0 Å². The van der Waals surface area contributed by atoms with Crippen LogP contribution in [-0.4, -0.2) is 5.92 Å². The number of alkyl halides is 2. The van der Waals surface area contributed by atoms with Crippen molar-refractivity contribution in [2.24, 2.45) is 23.7 Å². The van der Waals surface area contributed by atoms with E-state index in [1.807, 2.05) is 0 Å². The first-order valence-electron chi connectivity index (χ1n) is 8.94. The highest BCUT2D eigenvalue weighted by Gasteiger charge is 2.41. The molecule has 0 saturated heterocycles. The van der Waals surface area contributed by atoms with Crippen molar-refractivity contribution in [3.8, 4) is 0 Å². The fraction of sp³-hybridized carbons (Fsp3) is 1.00. The molecule has 2 fully saturated rings. The summed E-state index contributed by atoms with van der Waals surface area (Å²) in [4.78, 5) is 0. The van der Waals surface area contributed by atoms with Crippen molar-refractivity contribution in [1.82, 2.24) is 0 Å². The Labute approximate surface area is 123 Å². The molecule has 0 atom stereocenters. The molecule has 0 aromatic rings. The first-order chi connectivity index (χ1) is 9.56. The standard InChI is InChI=1S/C18H32F2/c1-3-5-14-6-8-15(9-7-14)16-10-12-17(13-11-16)18(19,20)4-2/h14-17H,3-13H2,1-2H3. The topological polar surface area (TPSA) is 0 Å². The minimum Gasteiger partial charge on any atom is -0.207 e. The van der Waals surface area contributed by atoms with Crippen LogP contribution in [0, 0.1) is 23.7 Å². The van der Waals surface area contributed by atoms with Crippen LogP contribution in [0.4, 0.5) is 8.78 Å². The Balaban J connectivity index is 1.75. The van der Waals surface area contributed by atoms with E-state index < -0.39 is 5.92 Å². The minimum absolute atomic E-state index is 0.0183. The largest absolute Gasteiger partial charge is 0.250 e. The SMILES string of the molecule is CCCC1CCC(C2CCC(C(F)(F)CC)CC2)CC1. The molecule has 118 valence electrons. The second-order valence-corrected chi connectivity index (χ2v) is 7.30. The van der Waals surface area contributed by atoms with Crippen molar-refractivity contribution in [2.45, 2.75) is 90.4 Å². The maximum absolute atomic E-state index is 13.7. The molecule has 2 saturated carbocycles. The van der Waals surface area contributed by atoms with Gasteiger partial charge in [0.15, 0.2) is 0 Å². The highest BCUT2D eigenvalue weighted by molar-refractivity contribution is 4.86. The molecule has 0 aromatic heterocycles. The number of hydrogen-bond donors (Lipinski definition) is 0. The van der Waals surface area contributed by atoms with Gasteiger partial charge in [0.05, 0.1) is 0 Å². The van der Waals surface area contributed by atoms with E-state index in [1.165, 1.54) is 38.5 Å². The summed E-state index contributed by atoms with van der Waals surface area (Å²) in [5.74, 6) is -0.193. The van der Waals surface area contributed by atoms with E-state index >= 15 is 0 Å². The van der Waals surface area contributed by atoms with Gasteiger partial charge in [-0.25, -0.2) is 8.78 Å². The zero-order valence-corrected chi connectivity index (χ0v) is 13.3. The lowest BCUT2D eigenvalue weighted by Gasteiger charge is -2.39. The van der Waals surface area contributed by atoms with Gasteiger partial charge in [-0.2, -0.15) is 0 Å². The minimum atomic E-state index is -2.41. The zero-order valence-electron chi connectivity index (χ0n) is 13.3. The molecule has 0 bridgehead atoms. The third-order valence-corrected chi connectivity index (χ3v) is 6.10. The Morgan fingerprint density at radius 2 is 1.30 bits per heavy atom. The molecule has 0 aliphatic heterocycles. The average Bonchev–Trinajstić information content (AvgIpc) is 2.48. The van der Waals surface area contributed by atoms with Gasteiger partial charge in [0, 0.05) is 12.3 Å². The smallest absolute Gasteiger partial charge is 0.207 e. The molecule has 0 radical (unpaired) electrons. The van der Waals surface area contributed by atoms with Crippen LogP contribution in [0.15, 0.2) is 0 Å². The highest BCUT2D eigenvalue weighted by atomic mass is 19.3. The Bertz CT molecular complexity index is 271. The Morgan fingerprint density at radius 3 is 1.75 bits per heavy atom. The summed E-state index contributed by atoms with van der Waals surface area (Å²) < 4.78 is 27.5. The summed E-state index contributed by atoms with van der Waals surface area (Å²) in [5.41, 5.74) is 0. The second-order valence-electron chi connectivity index (χ2n) is 7.30. The normalized spacial score (nSPS) is 36.0. The van der Waals surface area contributed by atoms with Crippen LogP contribution in [0.1, 0.15) is 84.5 Å². The van der Waals surface area contributed by atoms with Crippen LogP contribution in [0.3, 0.4) is 0 Å². The maximum Gasteiger partial charge on any atom is 0.250 e. The van der Waals surface area contributed by atoms with Gasteiger partial charge in [-0.05, 0) is 56.3 Å². The first-order valence-corrected chi connectivity index (χ1v) is 8.94. The monoisotopic (exact) mass is 286 g/mol. The molecular formula is C18H32F2. The summed E-state index contributed by atoms with van der Waals surface area (Å²) >= 11 is 0. The Hall–Kier alpha value is -0.140. The van der Waals surface area contributed by atoms with E-state index in [4.69, 9.17) is 0 Å². The fourth-order valence-electron chi connectivity index (χ4n) is 4.66. The van der Waals surface area contributed by atoms with Crippen molar-refractivity contribution in [3.63, 3.8) is 0 Å². The highest BCUT2D eigenvalue weighted by Crippen LogP contribution is 2.46. The summed E-state index contributed by atoms with van der Waals surface area (Å²) in [6.07, 6.45) is 11.9. The third kappa shape index (κ3) is 3.95. The van der Waals surface area contributed by atoms with E-state index in [9.17, 15) is 8.78 Å². The van der Waals surface area contributed by atoms with E-state index in [2.05, 4.69) is 6.92 Å². The number of hydrogen-bond acceptors (Lipinski definition) is 0. The van der Waals surface area contributed by atoms with Crippen LogP contribution in [-0.2, 0) is 0 Å². The second kappa shape index (κ2) is 7.22. The molecule has 0 amide bonds. The van der Waals surface area contributed by atoms with Gasteiger partial charge in [0.25, 0.3) is 5.92 Å². The maximum atomic E-state index is 13.7. The van der Waals surface area contributed by atoms with Crippen molar-refractivity contribution in [1.29, 1.82) is 0 Å². The molecule has 0 N–H and O–H groups in total. The van der Waals surface area contributed by atoms with Crippen molar-refractivity contribution in [2.75, 3.05) is 0 Å². The van der Waals surface area contributed by atoms with Gasteiger partial charge in [-0.1, -0.05) is 39.5 Å². The van der Waals surface area contributed by atoms with Gasteiger partial charge >= 0.3 is 0 Å². The summed E-state index contributed by atoms with van der Waals surface area (Å²) in [6.45, 7) is 3.91. The molecule has 2 aliphatic carbocycles. The molecule has 0 spiro atoms. The van der Waals surface area contributed by atoms with Crippen molar-refractivity contribution < 1.29 is 8.78 Å². The van der Waals surface area contributed by atoms with Gasteiger partial charge in [-0.3, -0.25) is 0 Å². The molecule has 2 heteroatoms. The Kier molecular flexibility index (Phi) is 5.86. The van der Waals surface area contributed by atoms with Gasteiger partial charge in [0.2, 0.25) is 0 Å². The summed E-state index contributed by atoms with van der Waals surface area (Å²) in [7, 11) is 0. The molecule has 20 heavy (non-hydrogen) atoms. The molecule has 0 nitrogen and oxygen atoms in total. The van der Waals surface area contributed by atoms with Crippen LogP contribution >= 0.6 is 0 Å². The van der Waals surface area contributed by atoms with Gasteiger partial charge in [-0.15, -0.1) is 0 Å². The van der Waals surface area contributed by atoms with Crippen LogP contribution in [0.2, 0.25) is 0 Å². The average molecular weight is 286 g/mol. The predicted octanol–water partition coefficient (Wildman–Crippen LogP) is 6.44. The molecular weight excluding hydrogens is 254 g/mol. The molecule has 0 aromatic carbocycles. The number of halogens is 2. The van der Waals surface area contributed by atoms with E-state index in [0.717, 1.165) is 43.4 Å². The molecule has 2 aliphatic rings. The van der Waals surface area contributed by atoms with Gasteiger partial charge < -0.3 is 0 Å². The zero-order chi connectivity index (χ0) is 14.6. The van der Waals surface area contributed by atoms with Crippen LogP contribution < -0.4 is 0 Å². The van der Waals surface area contributed by atoms with Crippen LogP contribution in [0.25, 0.3) is 0 Å². The van der Waals surface area contributed by atoms with E-state index in [0.29, 0.717) is 0 Å². The van der Waals surface area contributed by atoms with Crippen LogP contribution in [0.5, 0.6) is 0 Å². The third-order valence-electron chi connectivity index (χ3n) is 6.10. The van der Waals surface area contributed by atoms with E-state index in [1.54, 1.807) is 6.92 Å². The Morgan fingerprint density at radius 1 is 0.800 bits per heavy atom. The van der Waals surface area contributed by atoms with Crippen molar-refractivity contribution in [3.05, 3.63) is 0 Å². The number of rotatable bonds is 5. The van der Waals surface area contributed by atoms with Gasteiger partial charge in [0.1, 0.15) is 0 Å². The fourth-order valence-corrected chi connectivity index (χ4v) is 4.66. The van der Waals surface area contributed by atoms with E-state index in [-0.39, 0.29) is 12.3 Å². The first kappa shape index (κ1) is 16.2. The predicted molar refractivity (Wildman–Crippen MR) is 81.0 cm³/mol. The lowest BCUT2D eigenvalue weighted by molar-refractivity contribution is -0.0809. The lowest BCUT2D eigenvalue weighted by atomic mass is 9.68. The molecule has 2 rings (SSSR count).